The first-order valence-electron chi connectivity index (χ1n) is 15.4. The summed E-state index contributed by atoms with van der Waals surface area (Å²) >= 11 is 0. The number of halogens is 4. The molecular weight excluding hydrogens is 624 g/mol. The van der Waals surface area contributed by atoms with Crippen LogP contribution < -0.4 is 8.92 Å². The Kier molecular flexibility index (Phi) is 9.87. The molecule has 0 radical (unpaired) electrons. The zero-order valence-electron chi connectivity index (χ0n) is 24.3. The van der Waals surface area contributed by atoms with E-state index in [-0.39, 0.29) is 22.6 Å². The highest BCUT2D eigenvalue weighted by Crippen LogP contribution is 2.47. The molecule has 0 saturated heterocycles. The van der Waals surface area contributed by atoms with E-state index in [1.54, 1.807) is 0 Å². The maximum atomic E-state index is 14.5. The minimum absolute atomic E-state index is 0.121. The third kappa shape index (κ3) is 7.52. The summed E-state index contributed by atoms with van der Waals surface area (Å²) in [5.41, 5.74) is 2.18. The van der Waals surface area contributed by atoms with Crippen molar-refractivity contribution in [1.82, 2.24) is 0 Å². The summed E-state index contributed by atoms with van der Waals surface area (Å²) in [6.07, 6.45) is 8.19. The smallest absolute Gasteiger partial charge is 0.573 e. The Morgan fingerprint density at radius 2 is 1.14 bits per heavy atom. The molecule has 3 aliphatic rings. The van der Waals surface area contributed by atoms with Crippen LogP contribution in [0.5, 0.6) is 11.5 Å². The Hall–Kier alpha value is -2.38. The predicted molar refractivity (Wildman–Crippen MR) is 153 cm³/mol. The molecule has 0 N–H and O–H groups in total. The topological polar surface area (TPSA) is 110 Å². The molecule has 0 aliphatic heterocycles. The van der Waals surface area contributed by atoms with Crippen molar-refractivity contribution in [2.75, 3.05) is 0 Å². The number of benzene rings is 2. The van der Waals surface area contributed by atoms with Gasteiger partial charge in [-0.2, -0.15) is 8.42 Å². The van der Waals surface area contributed by atoms with E-state index in [1.165, 1.54) is 0 Å². The number of hydrogen-bond acceptors (Lipinski definition) is 7. The fraction of sp³-hybridized carbons (Fsp3) is 0.613. The van der Waals surface area contributed by atoms with E-state index in [9.17, 15) is 39.0 Å². The van der Waals surface area contributed by atoms with E-state index in [4.69, 9.17) is 4.18 Å². The van der Waals surface area contributed by atoms with Gasteiger partial charge in [-0.1, -0.05) is 69.9 Å². The highest BCUT2D eigenvalue weighted by atomic mass is 32.2. The van der Waals surface area contributed by atoms with Crippen LogP contribution >= 0.6 is 0 Å². The third-order valence-corrected chi connectivity index (χ3v) is 11.5. The molecule has 5 rings (SSSR count). The normalized spacial score (nSPS) is 20.0. The number of ether oxygens (including phenoxy) is 1. The van der Waals surface area contributed by atoms with Gasteiger partial charge < -0.3 is 13.5 Å². The summed E-state index contributed by atoms with van der Waals surface area (Å²) in [5, 5.41) is 0. The van der Waals surface area contributed by atoms with Crippen LogP contribution in [0.1, 0.15) is 131 Å². The van der Waals surface area contributed by atoms with Crippen LogP contribution in [-0.2, 0) is 20.2 Å². The van der Waals surface area contributed by atoms with Gasteiger partial charge in [0.05, 0.1) is 0 Å². The second kappa shape index (κ2) is 13.2. The highest BCUT2D eigenvalue weighted by Gasteiger charge is 2.39. The molecule has 0 unspecified atom stereocenters. The standard InChI is InChI=1S/C31H38F4O7S2/c32-26-16-17-27(28(41-31(33,34)35)30(26)43(36,37)38)42-44(39,40)29-24(21-12-6-2-7-13-21)18-23(20-10-4-1-5-11-20)19-25(29)22-14-8-3-9-15-22/h16-22H,1-15H2,(H,36,37,38)/p-1. The fourth-order valence-electron chi connectivity index (χ4n) is 7.28. The summed E-state index contributed by atoms with van der Waals surface area (Å²) in [6.45, 7) is 0. The van der Waals surface area contributed by atoms with Crippen molar-refractivity contribution in [2.45, 2.75) is 130 Å². The van der Waals surface area contributed by atoms with Crippen LogP contribution in [0.2, 0.25) is 0 Å². The van der Waals surface area contributed by atoms with E-state index in [0.717, 1.165) is 102 Å². The summed E-state index contributed by atoms with van der Waals surface area (Å²) in [4.78, 5) is -2.10. The minimum atomic E-state index is -5.87. The molecular formula is C31H37F4O7S2-. The highest BCUT2D eigenvalue weighted by molar-refractivity contribution is 7.87. The summed E-state index contributed by atoms with van der Waals surface area (Å²) in [6, 6.07) is 4.76. The SMILES string of the molecule is O=S(=O)([O-])c1c(F)ccc(OS(=O)(=O)c2c(C3CCCCC3)cc(C3CCCCC3)cc2C2CCCCC2)c1OC(F)(F)F. The van der Waals surface area contributed by atoms with Crippen molar-refractivity contribution in [3.8, 4) is 11.5 Å². The first-order valence-corrected chi connectivity index (χ1v) is 18.2. The van der Waals surface area contributed by atoms with E-state index in [2.05, 4.69) is 4.74 Å². The van der Waals surface area contributed by atoms with Crippen LogP contribution in [-0.4, -0.2) is 27.8 Å². The molecule has 7 nitrogen and oxygen atoms in total. The molecule has 3 saturated carbocycles. The lowest BCUT2D eigenvalue weighted by Crippen LogP contribution is -2.23. The largest absolute Gasteiger partial charge is 0.744 e. The molecule has 0 atom stereocenters. The van der Waals surface area contributed by atoms with Crippen molar-refractivity contribution in [3.05, 3.63) is 46.8 Å². The van der Waals surface area contributed by atoms with Crippen molar-refractivity contribution in [3.63, 3.8) is 0 Å². The Balaban J connectivity index is 1.71. The average molecular weight is 662 g/mol. The molecule has 0 aromatic heterocycles. The molecule has 3 fully saturated rings. The Bertz CT molecular complexity index is 1510. The summed E-state index contributed by atoms with van der Waals surface area (Å²) in [7, 11) is -10.8. The van der Waals surface area contributed by atoms with E-state index < -0.39 is 48.8 Å². The van der Waals surface area contributed by atoms with Gasteiger partial charge in [0, 0.05) is 0 Å². The monoisotopic (exact) mass is 661 g/mol. The molecule has 2 aromatic carbocycles. The average Bonchev–Trinajstić information content (AvgIpc) is 2.98. The lowest BCUT2D eigenvalue weighted by atomic mass is 9.76. The van der Waals surface area contributed by atoms with Crippen LogP contribution in [0.3, 0.4) is 0 Å². The molecule has 0 heterocycles. The van der Waals surface area contributed by atoms with Gasteiger partial charge in [0.1, 0.15) is 25.7 Å². The minimum Gasteiger partial charge on any atom is -0.744 e. The molecule has 0 bridgehead atoms. The molecule has 244 valence electrons. The molecule has 3 aliphatic carbocycles. The summed E-state index contributed by atoms with van der Waals surface area (Å²) < 4.78 is 128. The fourth-order valence-corrected chi connectivity index (χ4v) is 9.44. The van der Waals surface area contributed by atoms with Gasteiger partial charge in [0.2, 0.25) is 0 Å². The molecule has 2 aromatic rings. The second-order valence-electron chi connectivity index (χ2n) is 12.3. The van der Waals surface area contributed by atoms with Crippen molar-refractivity contribution in [1.29, 1.82) is 0 Å². The Labute approximate surface area is 256 Å². The lowest BCUT2D eigenvalue weighted by Gasteiger charge is -2.32. The number of hydrogen-bond donors (Lipinski definition) is 0. The van der Waals surface area contributed by atoms with Gasteiger partial charge in [-0.05, 0) is 85.1 Å². The van der Waals surface area contributed by atoms with Gasteiger partial charge in [0.15, 0.2) is 11.5 Å². The quantitative estimate of drug-likeness (QED) is 0.158. The van der Waals surface area contributed by atoms with Gasteiger partial charge in [0.25, 0.3) is 0 Å². The van der Waals surface area contributed by atoms with Gasteiger partial charge in [-0.25, -0.2) is 12.8 Å². The van der Waals surface area contributed by atoms with Crippen LogP contribution in [0.15, 0.2) is 34.1 Å². The first kappa shape index (κ1) is 33.0. The lowest BCUT2D eigenvalue weighted by molar-refractivity contribution is -0.276. The zero-order valence-corrected chi connectivity index (χ0v) is 26.0. The number of alkyl halides is 3. The van der Waals surface area contributed by atoms with Gasteiger partial charge in [-0.3, -0.25) is 0 Å². The third-order valence-electron chi connectivity index (χ3n) is 9.28. The Morgan fingerprint density at radius 3 is 1.57 bits per heavy atom. The van der Waals surface area contributed by atoms with Crippen molar-refractivity contribution in [2.24, 2.45) is 0 Å². The molecule has 44 heavy (non-hydrogen) atoms. The van der Waals surface area contributed by atoms with Gasteiger partial charge in [-0.15, -0.1) is 13.2 Å². The predicted octanol–water partition coefficient (Wildman–Crippen LogP) is 8.54. The maximum Gasteiger partial charge on any atom is 0.573 e. The van der Waals surface area contributed by atoms with Crippen molar-refractivity contribution >= 4 is 20.2 Å². The van der Waals surface area contributed by atoms with Crippen LogP contribution in [0.25, 0.3) is 0 Å². The number of rotatable bonds is 8. The van der Waals surface area contributed by atoms with Crippen LogP contribution in [0, 0.1) is 5.82 Å². The zero-order chi connectivity index (χ0) is 31.7. The summed E-state index contributed by atoms with van der Waals surface area (Å²) in [5.74, 6) is -4.90. The maximum absolute atomic E-state index is 14.5. The van der Waals surface area contributed by atoms with Crippen molar-refractivity contribution < 1.29 is 47.9 Å². The van der Waals surface area contributed by atoms with E-state index >= 15 is 0 Å². The van der Waals surface area contributed by atoms with Gasteiger partial charge >= 0.3 is 16.5 Å². The molecule has 13 heteroatoms. The second-order valence-corrected chi connectivity index (χ2v) is 15.1. The van der Waals surface area contributed by atoms with E-state index in [1.807, 2.05) is 12.1 Å². The first-order chi connectivity index (χ1) is 20.7. The molecule has 0 amide bonds. The van der Waals surface area contributed by atoms with E-state index in [0.29, 0.717) is 23.3 Å². The van der Waals surface area contributed by atoms with Crippen LogP contribution in [0.4, 0.5) is 17.6 Å². The Morgan fingerprint density at radius 1 is 0.682 bits per heavy atom. The molecule has 0 spiro atoms.